The van der Waals surface area contributed by atoms with Crippen LogP contribution in [0.5, 0.6) is 17.2 Å². The summed E-state index contributed by atoms with van der Waals surface area (Å²) in [5.74, 6) is -6.79. The van der Waals surface area contributed by atoms with Crippen LogP contribution in [0, 0.1) is 0 Å². The minimum Gasteiger partial charge on any atom is -0.507 e. The number of carbonyl (C=O) groups excluding carboxylic acids is 2. The number of phenolic OH excluding ortho intramolecular Hbond substituents is 3. The highest BCUT2D eigenvalue weighted by Gasteiger charge is 2.51. The van der Waals surface area contributed by atoms with E-state index in [0.29, 0.717) is 0 Å². The molecule has 0 fully saturated rings. The molecular formula is C21H18O9. The van der Waals surface area contributed by atoms with Gasteiger partial charge in [-0.1, -0.05) is 6.92 Å². The zero-order chi connectivity index (χ0) is 22.1. The number of ketones is 2. The second kappa shape index (κ2) is 6.28. The van der Waals surface area contributed by atoms with Gasteiger partial charge in [0.15, 0.2) is 5.78 Å². The van der Waals surface area contributed by atoms with Crippen LogP contribution in [0.4, 0.5) is 0 Å². The molecule has 6 N–H and O–H groups in total. The summed E-state index contributed by atoms with van der Waals surface area (Å²) in [6.45, 7) is 1.54. The van der Waals surface area contributed by atoms with Crippen LogP contribution >= 0.6 is 0 Å². The van der Waals surface area contributed by atoms with Gasteiger partial charge in [0, 0.05) is 17.5 Å². The Labute approximate surface area is 169 Å². The molecular weight excluding hydrogens is 396 g/mol. The highest BCUT2D eigenvalue weighted by atomic mass is 16.4. The van der Waals surface area contributed by atoms with Gasteiger partial charge < -0.3 is 30.6 Å². The number of fused-ring (bicyclic) bond motifs is 3. The number of phenols is 3. The Bertz CT molecular complexity index is 1150. The Morgan fingerprint density at radius 3 is 2.17 bits per heavy atom. The van der Waals surface area contributed by atoms with Gasteiger partial charge in [-0.2, -0.15) is 0 Å². The lowest BCUT2D eigenvalue weighted by Crippen LogP contribution is -2.45. The molecule has 0 aromatic heterocycles. The lowest BCUT2D eigenvalue weighted by molar-refractivity contribution is -0.149. The topological polar surface area (TPSA) is 173 Å². The Morgan fingerprint density at radius 1 is 1.07 bits per heavy atom. The van der Waals surface area contributed by atoms with Crippen molar-refractivity contribution in [2.75, 3.05) is 0 Å². The Morgan fingerprint density at radius 2 is 1.63 bits per heavy atom. The summed E-state index contributed by atoms with van der Waals surface area (Å²) < 4.78 is 0. The predicted molar refractivity (Wildman–Crippen MR) is 99.9 cm³/mol. The summed E-state index contributed by atoms with van der Waals surface area (Å²) >= 11 is 0. The lowest BCUT2D eigenvalue weighted by atomic mass is 9.67. The number of hydrogen-bond donors (Lipinski definition) is 6. The number of carbonyl (C=O) groups is 3. The van der Waals surface area contributed by atoms with Crippen LogP contribution in [0.2, 0.25) is 0 Å². The van der Waals surface area contributed by atoms with Crippen LogP contribution in [0.15, 0.2) is 18.2 Å². The molecule has 3 atom stereocenters. The molecule has 0 saturated heterocycles. The molecule has 0 bridgehead atoms. The molecule has 2 aromatic rings. The number of hydrogen-bond acceptors (Lipinski definition) is 8. The van der Waals surface area contributed by atoms with Crippen LogP contribution in [0.3, 0.4) is 0 Å². The van der Waals surface area contributed by atoms with Crippen LogP contribution in [-0.2, 0) is 4.79 Å². The fourth-order valence-corrected chi connectivity index (χ4v) is 4.56. The molecule has 0 heterocycles. The monoisotopic (exact) mass is 414 g/mol. The van der Waals surface area contributed by atoms with Crippen molar-refractivity contribution in [1.82, 2.24) is 0 Å². The van der Waals surface area contributed by atoms with Crippen LogP contribution in [-0.4, -0.2) is 53.8 Å². The minimum atomic E-state index is -1.85. The third kappa shape index (κ3) is 2.39. The van der Waals surface area contributed by atoms with Gasteiger partial charge in [-0.15, -0.1) is 0 Å². The number of aromatic hydroxyl groups is 3. The van der Waals surface area contributed by atoms with E-state index in [-0.39, 0.29) is 23.1 Å². The average molecular weight is 414 g/mol. The molecule has 0 spiro atoms. The molecule has 0 radical (unpaired) electrons. The van der Waals surface area contributed by atoms with Gasteiger partial charge in [0.2, 0.25) is 5.78 Å². The van der Waals surface area contributed by atoms with E-state index in [9.17, 15) is 45.0 Å². The number of aliphatic hydroxyl groups excluding tert-OH is 1. The number of carboxylic acid groups (broad SMARTS) is 1. The van der Waals surface area contributed by atoms with Gasteiger partial charge in [0.25, 0.3) is 0 Å². The van der Waals surface area contributed by atoms with E-state index in [1.807, 2.05) is 0 Å². The molecule has 30 heavy (non-hydrogen) atoms. The third-order valence-electron chi connectivity index (χ3n) is 6.05. The number of carboxylic acids is 1. The van der Waals surface area contributed by atoms with Gasteiger partial charge in [0.1, 0.15) is 23.2 Å². The molecule has 9 nitrogen and oxygen atoms in total. The van der Waals surface area contributed by atoms with E-state index in [0.717, 1.165) is 18.2 Å². The molecule has 2 aliphatic rings. The van der Waals surface area contributed by atoms with Crippen molar-refractivity contribution in [2.45, 2.75) is 37.4 Å². The SMILES string of the molecule is CC[C@@]1(O)C[C@H](O)c2c(cc3c(c2O)C(=O)c2c(O)ccc(O)c2C3=O)[C@H]1C(=O)O. The first kappa shape index (κ1) is 19.9. The van der Waals surface area contributed by atoms with E-state index >= 15 is 0 Å². The summed E-state index contributed by atoms with van der Waals surface area (Å²) in [4.78, 5) is 38.0. The van der Waals surface area contributed by atoms with Gasteiger partial charge in [-0.3, -0.25) is 14.4 Å². The quantitative estimate of drug-likeness (QED) is 0.338. The van der Waals surface area contributed by atoms with Crippen molar-refractivity contribution in [3.8, 4) is 17.2 Å². The third-order valence-corrected chi connectivity index (χ3v) is 6.05. The second-order valence-electron chi connectivity index (χ2n) is 7.61. The Hall–Kier alpha value is -3.43. The van der Waals surface area contributed by atoms with Crippen LogP contribution in [0.1, 0.15) is 74.8 Å². The smallest absolute Gasteiger partial charge is 0.313 e. The van der Waals surface area contributed by atoms with Crippen molar-refractivity contribution in [2.24, 2.45) is 0 Å². The van der Waals surface area contributed by atoms with E-state index < -0.39 is 75.5 Å². The number of aliphatic carboxylic acids is 1. The highest BCUT2D eigenvalue weighted by molar-refractivity contribution is 6.31. The first-order chi connectivity index (χ1) is 14.0. The molecule has 156 valence electrons. The van der Waals surface area contributed by atoms with E-state index in [4.69, 9.17) is 0 Å². The molecule has 4 rings (SSSR count). The van der Waals surface area contributed by atoms with Crippen molar-refractivity contribution >= 4 is 17.5 Å². The van der Waals surface area contributed by atoms with E-state index in [1.165, 1.54) is 6.92 Å². The summed E-state index contributed by atoms with van der Waals surface area (Å²) in [5.41, 5.74) is -4.15. The first-order valence-electron chi connectivity index (χ1n) is 9.20. The molecule has 9 heteroatoms. The average Bonchev–Trinajstić information content (AvgIpc) is 2.66. The maximum atomic E-state index is 13.0. The summed E-state index contributed by atoms with van der Waals surface area (Å²) in [6, 6.07) is 3.11. The summed E-state index contributed by atoms with van der Waals surface area (Å²) in [7, 11) is 0. The maximum absolute atomic E-state index is 13.0. The van der Waals surface area contributed by atoms with Crippen molar-refractivity contribution in [3.05, 3.63) is 51.6 Å². The molecule has 2 aromatic carbocycles. The fourth-order valence-electron chi connectivity index (χ4n) is 4.56. The zero-order valence-corrected chi connectivity index (χ0v) is 15.7. The first-order valence-corrected chi connectivity index (χ1v) is 9.20. The van der Waals surface area contributed by atoms with E-state index in [2.05, 4.69) is 0 Å². The largest absolute Gasteiger partial charge is 0.507 e. The zero-order valence-electron chi connectivity index (χ0n) is 15.7. The van der Waals surface area contributed by atoms with E-state index in [1.54, 1.807) is 0 Å². The van der Waals surface area contributed by atoms with Crippen molar-refractivity contribution in [1.29, 1.82) is 0 Å². The summed E-state index contributed by atoms with van der Waals surface area (Å²) in [6.07, 6.45) is -1.92. The molecule has 2 aliphatic carbocycles. The van der Waals surface area contributed by atoms with Gasteiger partial charge in [-0.25, -0.2) is 0 Å². The second-order valence-corrected chi connectivity index (χ2v) is 7.61. The number of aliphatic hydroxyl groups is 2. The fraction of sp³-hybridized carbons (Fsp3) is 0.286. The molecule has 0 unspecified atom stereocenters. The minimum absolute atomic E-state index is 0.0251. The van der Waals surface area contributed by atoms with Gasteiger partial charge in [-0.05, 0) is 30.2 Å². The highest BCUT2D eigenvalue weighted by Crippen LogP contribution is 2.52. The Balaban J connectivity index is 2.07. The summed E-state index contributed by atoms with van der Waals surface area (Å²) in [5, 5.41) is 62.1. The maximum Gasteiger partial charge on any atom is 0.313 e. The van der Waals surface area contributed by atoms with Crippen LogP contribution in [0.25, 0.3) is 0 Å². The predicted octanol–water partition coefficient (Wildman–Crippen LogP) is 1.33. The number of rotatable bonds is 2. The van der Waals surface area contributed by atoms with Crippen molar-refractivity contribution < 1.29 is 45.0 Å². The molecule has 0 amide bonds. The lowest BCUT2D eigenvalue weighted by Gasteiger charge is -2.41. The van der Waals surface area contributed by atoms with Crippen molar-refractivity contribution in [3.63, 3.8) is 0 Å². The Kier molecular flexibility index (Phi) is 4.16. The standard InChI is InChI=1S/C21H18O9/c1-2-21(30)6-11(24)12-7(16(21)20(28)29)5-8-13(18(12)26)19(27)15-10(23)4-3-9(22)14(15)17(8)25/h3-5,11,16,22-24,26,30H,2,6H2,1H3,(H,28,29)/t11-,16-,21+/m0/s1. The van der Waals surface area contributed by atoms with Crippen LogP contribution < -0.4 is 0 Å². The number of benzene rings is 2. The van der Waals surface area contributed by atoms with Gasteiger partial charge in [0.05, 0.1) is 28.4 Å². The molecule has 0 saturated carbocycles. The van der Waals surface area contributed by atoms with Gasteiger partial charge >= 0.3 is 5.97 Å². The normalized spacial score (nSPS) is 24.8. The molecule has 0 aliphatic heterocycles.